The fourth-order valence-electron chi connectivity index (χ4n) is 3.21. The Bertz CT molecular complexity index is 733. The molecule has 0 radical (unpaired) electrons. The number of esters is 1. The van der Waals surface area contributed by atoms with E-state index < -0.39 is 11.6 Å². The second kappa shape index (κ2) is 8.93. The highest BCUT2D eigenvalue weighted by Crippen LogP contribution is 2.45. The number of carbonyl (C=O) groups excluding carboxylic acids is 2. The number of aryl methyl sites for hydroxylation is 1. The highest BCUT2D eigenvalue weighted by Gasteiger charge is 2.50. The standard InChI is InChI=1S/C16H17Cl2NO4.C2H4O2/c1-9-7-10(17)8-11(18)12(9)13-14(20)16(23-15(13)21)3-5-19(22-2)6-4-16;1-4-2-3/h7-8,20H,3-6H2,1-2H3;2H,1H3. The van der Waals surface area contributed by atoms with Crippen LogP contribution >= 0.6 is 23.2 Å². The monoisotopic (exact) mass is 417 g/mol. The summed E-state index contributed by atoms with van der Waals surface area (Å²) in [6.07, 6.45) is 0.929. The number of rotatable bonds is 3. The molecular weight excluding hydrogens is 397 g/mol. The van der Waals surface area contributed by atoms with Crippen molar-refractivity contribution in [2.45, 2.75) is 25.4 Å². The van der Waals surface area contributed by atoms with Crippen molar-refractivity contribution < 1.29 is 29.0 Å². The van der Waals surface area contributed by atoms with Crippen molar-refractivity contribution >= 4 is 41.2 Å². The molecule has 0 atom stereocenters. The summed E-state index contributed by atoms with van der Waals surface area (Å²) in [6.45, 7) is 3.29. The maximum absolute atomic E-state index is 12.4. The van der Waals surface area contributed by atoms with Crippen molar-refractivity contribution in [1.29, 1.82) is 0 Å². The van der Waals surface area contributed by atoms with E-state index in [1.165, 1.54) is 7.11 Å². The van der Waals surface area contributed by atoms with E-state index in [1.807, 2.05) is 0 Å². The summed E-state index contributed by atoms with van der Waals surface area (Å²) in [5.74, 6) is -0.605. The van der Waals surface area contributed by atoms with Gasteiger partial charge in [0.25, 0.3) is 6.47 Å². The zero-order chi connectivity index (χ0) is 20.2. The van der Waals surface area contributed by atoms with Crippen LogP contribution in [0, 0.1) is 6.92 Å². The molecule has 2 heterocycles. The first-order valence-corrected chi connectivity index (χ1v) is 8.93. The third-order valence-corrected chi connectivity index (χ3v) is 5.06. The van der Waals surface area contributed by atoms with Crippen LogP contribution in [0.5, 0.6) is 0 Å². The zero-order valence-electron chi connectivity index (χ0n) is 15.3. The van der Waals surface area contributed by atoms with Crippen molar-refractivity contribution in [1.82, 2.24) is 5.06 Å². The number of hydroxylamine groups is 2. The Morgan fingerprint density at radius 1 is 1.26 bits per heavy atom. The number of piperidine rings is 1. The van der Waals surface area contributed by atoms with Crippen LogP contribution in [0.1, 0.15) is 24.0 Å². The number of aliphatic hydroxyl groups is 1. The molecule has 0 aliphatic carbocycles. The number of benzene rings is 1. The van der Waals surface area contributed by atoms with Crippen molar-refractivity contribution in [3.8, 4) is 0 Å². The van der Waals surface area contributed by atoms with Crippen molar-refractivity contribution in [2.75, 3.05) is 27.3 Å². The van der Waals surface area contributed by atoms with E-state index in [0.29, 0.717) is 53.6 Å². The quantitative estimate of drug-likeness (QED) is 0.596. The molecule has 27 heavy (non-hydrogen) atoms. The minimum absolute atomic E-state index is 0.0504. The van der Waals surface area contributed by atoms with Crippen LogP contribution in [-0.2, 0) is 23.9 Å². The average Bonchev–Trinajstić information content (AvgIpc) is 2.86. The van der Waals surface area contributed by atoms with Gasteiger partial charge in [-0.1, -0.05) is 23.2 Å². The summed E-state index contributed by atoms with van der Waals surface area (Å²) >= 11 is 12.2. The van der Waals surface area contributed by atoms with E-state index in [-0.39, 0.29) is 11.3 Å². The number of methoxy groups -OCH3 is 1. The molecule has 0 bridgehead atoms. The highest BCUT2D eigenvalue weighted by atomic mass is 35.5. The van der Waals surface area contributed by atoms with Gasteiger partial charge in [0.1, 0.15) is 5.57 Å². The van der Waals surface area contributed by atoms with Crippen LogP contribution in [-0.4, -0.2) is 55.5 Å². The molecule has 1 saturated heterocycles. The third kappa shape index (κ3) is 4.38. The summed E-state index contributed by atoms with van der Waals surface area (Å²) in [5, 5.41) is 13.3. The van der Waals surface area contributed by atoms with Crippen molar-refractivity contribution in [3.63, 3.8) is 0 Å². The van der Waals surface area contributed by atoms with Gasteiger partial charge >= 0.3 is 5.97 Å². The fraction of sp³-hybridized carbons (Fsp3) is 0.444. The molecule has 0 saturated carbocycles. The Kier molecular flexibility index (Phi) is 7.11. The number of carbonyl (C=O) groups is 2. The predicted octanol–water partition coefficient (Wildman–Crippen LogP) is 3.31. The molecule has 1 spiro atoms. The molecule has 9 heteroatoms. The van der Waals surface area contributed by atoms with Crippen LogP contribution in [0.3, 0.4) is 0 Å². The molecule has 1 fully saturated rings. The molecule has 148 valence electrons. The minimum atomic E-state index is -0.989. The van der Waals surface area contributed by atoms with Crippen LogP contribution in [0.2, 0.25) is 10.0 Å². The first kappa shape index (κ1) is 21.5. The van der Waals surface area contributed by atoms with Gasteiger partial charge in [0, 0.05) is 36.5 Å². The van der Waals surface area contributed by atoms with Gasteiger partial charge in [-0.2, -0.15) is 5.06 Å². The molecule has 0 aromatic heterocycles. The van der Waals surface area contributed by atoms with Crippen LogP contribution in [0.15, 0.2) is 17.9 Å². The summed E-state index contributed by atoms with van der Waals surface area (Å²) < 4.78 is 9.43. The summed E-state index contributed by atoms with van der Waals surface area (Å²) in [4.78, 5) is 26.6. The van der Waals surface area contributed by atoms with Crippen molar-refractivity contribution in [3.05, 3.63) is 39.1 Å². The normalized spacial score (nSPS) is 18.8. The second-order valence-electron chi connectivity index (χ2n) is 6.13. The molecule has 2 aliphatic rings. The van der Waals surface area contributed by atoms with E-state index in [4.69, 9.17) is 37.6 Å². The number of hydrogen-bond acceptors (Lipinski definition) is 7. The molecule has 1 N–H and O–H groups in total. The molecule has 2 aliphatic heterocycles. The Hall–Kier alpha value is -1.80. The average molecular weight is 418 g/mol. The van der Waals surface area contributed by atoms with Gasteiger partial charge in [0.05, 0.1) is 19.2 Å². The highest BCUT2D eigenvalue weighted by molar-refractivity contribution is 6.37. The molecular formula is C18H21Cl2NO6. The van der Waals surface area contributed by atoms with E-state index in [9.17, 15) is 9.90 Å². The molecule has 0 amide bonds. The van der Waals surface area contributed by atoms with E-state index in [2.05, 4.69) is 4.74 Å². The maximum atomic E-state index is 12.4. The van der Waals surface area contributed by atoms with Gasteiger partial charge in [0.15, 0.2) is 11.4 Å². The van der Waals surface area contributed by atoms with E-state index in [1.54, 1.807) is 31.2 Å². The van der Waals surface area contributed by atoms with Gasteiger partial charge in [-0.3, -0.25) is 4.79 Å². The lowest BCUT2D eigenvalue weighted by Gasteiger charge is -2.36. The Labute approximate surface area is 167 Å². The first-order valence-electron chi connectivity index (χ1n) is 8.18. The van der Waals surface area contributed by atoms with Gasteiger partial charge < -0.3 is 19.4 Å². The number of ether oxygens (including phenoxy) is 2. The summed E-state index contributed by atoms with van der Waals surface area (Å²) in [6, 6.07) is 3.26. The lowest BCUT2D eigenvalue weighted by molar-refractivity contribution is -0.182. The largest absolute Gasteiger partial charge is 0.507 e. The lowest BCUT2D eigenvalue weighted by atomic mass is 9.87. The topological polar surface area (TPSA) is 85.3 Å². The lowest BCUT2D eigenvalue weighted by Crippen LogP contribution is -2.45. The number of nitrogens with zero attached hydrogens (tertiary/aromatic N) is 1. The maximum Gasteiger partial charge on any atom is 0.343 e. The van der Waals surface area contributed by atoms with Crippen molar-refractivity contribution in [2.24, 2.45) is 0 Å². The molecule has 0 unspecified atom stereocenters. The van der Waals surface area contributed by atoms with E-state index >= 15 is 0 Å². The second-order valence-corrected chi connectivity index (χ2v) is 6.97. The van der Waals surface area contributed by atoms with Crippen LogP contribution < -0.4 is 0 Å². The SMILES string of the molecule is COC=O.CON1CCC2(CC1)OC(=O)C(c1c(C)cc(Cl)cc1Cl)=C2O. The molecule has 1 aromatic carbocycles. The third-order valence-electron chi connectivity index (χ3n) is 4.55. The Balaban J connectivity index is 0.000000596. The summed E-state index contributed by atoms with van der Waals surface area (Å²) in [5.41, 5.74) is 0.337. The Morgan fingerprint density at radius 2 is 1.85 bits per heavy atom. The summed E-state index contributed by atoms with van der Waals surface area (Å²) in [7, 11) is 2.91. The smallest absolute Gasteiger partial charge is 0.343 e. The molecule has 1 aromatic rings. The number of aliphatic hydroxyl groups excluding tert-OH is 1. The van der Waals surface area contributed by atoms with Crippen LogP contribution in [0.25, 0.3) is 5.57 Å². The van der Waals surface area contributed by atoms with Gasteiger partial charge in [-0.25, -0.2) is 4.79 Å². The van der Waals surface area contributed by atoms with Gasteiger partial charge in [-0.15, -0.1) is 0 Å². The van der Waals surface area contributed by atoms with E-state index in [0.717, 1.165) is 0 Å². The minimum Gasteiger partial charge on any atom is -0.507 e. The number of hydrogen-bond donors (Lipinski definition) is 1. The van der Waals surface area contributed by atoms with Gasteiger partial charge in [-0.05, 0) is 24.6 Å². The van der Waals surface area contributed by atoms with Gasteiger partial charge in [0.2, 0.25) is 0 Å². The zero-order valence-corrected chi connectivity index (χ0v) is 16.8. The predicted molar refractivity (Wildman–Crippen MR) is 100 cm³/mol. The number of halogens is 2. The van der Waals surface area contributed by atoms with Crippen LogP contribution in [0.4, 0.5) is 0 Å². The molecule has 3 rings (SSSR count). The first-order chi connectivity index (χ1) is 12.8. The fourth-order valence-corrected chi connectivity index (χ4v) is 3.90. The molecule has 7 nitrogen and oxygen atoms in total. The Morgan fingerprint density at radius 3 is 2.33 bits per heavy atom.